The van der Waals surface area contributed by atoms with Gasteiger partial charge in [-0.1, -0.05) is 25.5 Å². The van der Waals surface area contributed by atoms with Crippen LogP contribution in [0.15, 0.2) is 11.6 Å². The lowest BCUT2D eigenvalue weighted by atomic mass is 9.67. The molecular formula is C17H31NO. The normalized spacial score (nSPS) is 38.0. The van der Waals surface area contributed by atoms with Crippen molar-refractivity contribution in [2.24, 2.45) is 17.8 Å². The Morgan fingerprint density at radius 2 is 2.00 bits per heavy atom. The van der Waals surface area contributed by atoms with Gasteiger partial charge in [0.15, 0.2) is 0 Å². The molecule has 1 saturated carbocycles. The summed E-state index contributed by atoms with van der Waals surface area (Å²) < 4.78 is 0. The number of allylic oxidation sites excluding steroid dienone is 2. The van der Waals surface area contributed by atoms with Gasteiger partial charge >= 0.3 is 0 Å². The van der Waals surface area contributed by atoms with Crippen LogP contribution in [0.25, 0.3) is 0 Å². The molecule has 1 saturated heterocycles. The van der Waals surface area contributed by atoms with Crippen molar-refractivity contribution < 1.29 is 4.84 Å². The van der Waals surface area contributed by atoms with Gasteiger partial charge in [-0.2, -0.15) is 5.06 Å². The number of nitrogens with zero attached hydrogens (tertiary/aromatic N) is 1. The van der Waals surface area contributed by atoms with E-state index in [0.717, 1.165) is 18.4 Å². The highest BCUT2D eigenvalue weighted by molar-refractivity contribution is 5.02. The zero-order valence-electron chi connectivity index (χ0n) is 13.6. The van der Waals surface area contributed by atoms with E-state index in [1.807, 2.05) is 0 Å². The van der Waals surface area contributed by atoms with E-state index in [0.29, 0.717) is 12.0 Å². The molecule has 2 heteroatoms. The first-order valence-electron chi connectivity index (χ1n) is 7.94. The van der Waals surface area contributed by atoms with Crippen LogP contribution in [0.2, 0.25) is 0 Å². The molecule has 19 heavy (non-hydrogen) atoms. The monoisotopic (exact) mass is 265 g/mol. The van der Waals surface area contributed by atoms with Crippen molar-refractivity contribution >= 4 is 0 Å². The van der Waals surface area contributed by atoms with E-state index in [-0.39, 0.29) is 5.60 Å². The Labute approximate surface area is 119 Å². The largest absolute Gasteiger partial charge is 0.292 e. The van der Waals surface area contributed by atoms with Gasteiger partial charge in [-0.05, 0) is 58.8 Å². The maximum atomic E-state index is 6.21. The predicted molar refractivity (Wildman–Crippen MR) is 80.8 cm³/mol. The fraction of sp³-hybridized carbons (Fsp3) is 0.882. The Balaban J connectivity index is 2.11. The number of hydroxylamine groups is 2. The van der Waals surface area contributed by atoms with Crippen LogP contribution in [0, 0.1) is 17.8 Å². The first-order chi connectivity index (χ1) is 8.85. The van der Waals surface area contributed by atoms with Gasteiger partial charge in [0.25, 0.3) is 0 Å². The van der Waals surface area contributed by atoms with Crippen LogP contribution in [-0.4, -0.2) is 23.3 Å². The van der Waals surface area contributed by atoms with Crippen molar-refractivity contribution in [1.82, 2.24) is 5.06 Å². The highest BCUT2D eigenvalue weighted by atomic mass is 16.7. The molecule has 1 heterocycles. The van der Waals surface area contributed by atoms with Gasteiger partial charge in [0.05, 0.1) is 5.60 Å². The summed E-state index contributed by atoms with van der Waals surface area (Å²) in [4.78, 5) is 6.21. The van der Waals surface area contributed by atoms with Crippen molar-refractivity contribution in [3.05, 3.63) is 11.6 Å². The van der Waals surface area contributed by atoms with Crippen molar-refractivity contribution in [3.63, 3.8) is 0 Å². The van der Waals surface area contributed by atoms with Gasteiger partial charge in [0.2, 0.25) is 0 Å². The minimum atomic E-state index is 0.0125. The highest BCUT2D eigenvalue weighted by Gasteiger charge is 2.52. The van der Waals surface area contributed by atoms with Gasteiger partial charge in [-0.15, -0.1) is 0 Å². The maximum Gasteiger partial charge on any atom is 0.0887 e. The van der Waals surface area contributed by atoms with Crippen molar-refractivity contribution in [1.29, 1.82) is 0 Å². The molecule has 1 aliphatic heterocycles. The second-order valence-electron chi connectivity index (χ2n) is 7.36. The molecule has 2 aliphatic rings. The van der Waals surface area contributed by atoms with E-state index in [9.17, 15) is 0 Å². The molecule has 0 aromatic carbocycles. The second kappa shape index (κ2) is 5.57. The second-order valence-corrected chi connectivity index (χ2v) is 7.36. The molecule has 0 bridgehead atoms. The van der Waals surface area contributed by atoms with Crippen LogP contribution in [-0.2, 0) is 4.84 Å². The van der Waals surface area contributed by atoms with Crippen LogP contribution >= 0.6 is 0 Å². The molecule has 0 N–H and O–H groups in total. The summed E-state index contributed by atoms with van der Waals surface area (Å²) in [5.41, 5.74) is 1.46. The Hall–Kier alpha value is -0.340. The van der Waals surface area contributed by atoms with Gasteiger partial charge in [0.1, 0.15) is 0 Å². The minimum Gasteiger partial charge on any atom is -0.292 e. The number of fused-ring (bicyclic) bond motifs is 1. The van der Waals surface area contributed by atoms with Crippen LogP contribution in [0.5, 0.6) is 0 Å². The quantitative estimate of drug-likeness (QED) is 0.700. The lowest BCUT2D eigenvalue weighted by molar-refractivity contribution is -0.195. The Kier molecular flexibility index (Phi) is 4.42. The van der Waals surface area contributed by atoms with Crippen molar-refractivity contribution in [2.75, 3.05) is 6.54 Å². The van der Waals surface area contributed by atoms with Crippen LogP contribution in [0.3, 0.4) is 0 Å². The summed E-state index contributed by atoms with van der Waals surface area (Å²) in [5, 5.41) is 2.26. The van der Waals surface area contributed by atoms with E-state index in [1.54, 1.807) is 0 Å². The third kappa shape index (κ3) is 3.05. The molecule has 0 amide bonds. The van der Waals surface area contributed by atoms with E-state index in [4.69, 9.17) is 4.84 Å². The summed E-state index contributed by atoms with van der Waals surface area (Å²) in [5.74, 6) is 2.27. The summed E-state index contributed by atoms with van der Waals surface area (Å²) >= 11 is 0. The van der Waals surface area contributed by atoms with Gasteiger partial charge in [-0.3, -0.25) is 4.84 Å². The highest BCUT2D eigenvalue weighted by Crippen LogP contribution is 2.49. The molecular weight excluding hydrogens is 234 g/mol. The summed E-state index contributed by atoms with van der Waals surface area (Å²) in [6.07, 6.45) is 6.33. The SMILES string of the molecule is CCN1OC(C)(C)[C@@H]2C[C@H](CC=C(C)C)C[C@H](C)[C@H]21. The van der Waals surface area contributed by atoms with E-state index in [1.165, 1.54) is 24.8 Å². The lowest BCUT2D eigenvalue weighted by Gasteiger charge is -2.40. The van der Waals surface area contributed by atoms with Gasteiger partial charge < -0.3 is 0 Å². The van der Waals surface area contributed by atoms with Gasteiger partial charge in [0, 0.05) is 18.5 Å². The molecule has 110 valence electrons. The molecule has 0 radical (unpaired) electrons. The summed E-state index contributed by atoms with van der Waals surface area (Å²) in [6.45, 7) is 14.6. The van der Waals surface area contributed by atoms with Crippen LogP contribution in [0.4, 0.5) is 0 Å². The third-order valence-electron chi connectivity index (χ3n) is 5.04. The maximum absolute atomic E-state index is 6.21. The van der Waals surface area contributed by atoms with E-state index < -0.39 is 0 Å². The molecule has 2 fully saturated rings. The number of hydrogen-bond acceptors (Lipinski definition) is 2. The lowest BCUT2D eigenvalue weighted by Crippen LogP contribution is -2.44. The molecule has 4 atom stereocenters. The zero-order chi connectivity index (χ0) is 14.2. The number of rotatable bonds is 3. The first kappa shape index (κ1) is 15.1. The van der Waals surface area contributed by atoms with Crippen LogP contribution < -0.4 is 0 Å². The van der Waals surface area contributed by atoms with Crippen LogP contribution in [0.1, 0.15) is 60.8 Å². The molecule has 2 nitrogen and oxygen atoms in total. The standard InChI is InChI=1S/C17H31NO/c1-7-18-16-13(4)10-14(9-8-12(2)3)11-15(16)17(5,6)19-18/h8,13-16H,7,9-11H2,1-6H3/t13-,14+,15+,16+/m0/s1. The van der Waals surface area contributed by atoms with Gasteiger partial charge in [-0.25, -0.2) is 0 Å². The first-order valence-corrected chi connectivity index (χ1v) is 7.94. The Bertz CT molecular complexity index is 343. The molecule has 0 aromatic rings. The average molecular weight is 265 g/mol. The molecule has 1 aliphatic carbocycles. The van der Waals surface area contributed by atoms with E-state index >= 15 is 0 Å². The topological polar surface area (TPSA) is 12.5 Å². The fourth-order valence-corrected chi connectivity index (χ4v) is 4.14. The van der Waals surface area contributed by atoms with E-state index in [2.05, 4.69) is 52.7 Å². The average Bonchev–Trinajstić information content (AvgIpc) is 2.59. The fourth-order valence-electron chi connectivity index (χ4n) is 4.14. The van der Waals surface area contributed by atoms with Crippen molar-refractivity contribution in [2.45, 2.75) is 72.4 Å². The van der Waals surface area contributed by atoms with Crippen molar-refractivity contribution in [3.8, 4) is 0 Å². The minimum absolute atomic E-state index is 0.0125. The summed E-state index contributed by atoms with van der Waals surface area (Å²) in [6, 6.07) is 0.628. The summed E-state index contributed by atoms with van der Waals surface area (Å²) in [7, 11) is 0. The molecule has 0 spiro atoms. The number of hydrogen-bond donors (Lipinski definition) is 0. The Morgan fingerprint density at radius 1 is 1.32 bits per heavy atom. The third-order valence-corrected chi connectivity index (χ3v) is 5.04. The molecule has 2 rings (SSSR count). The molecule has 0 unspecified atom stereocenters. The Morgan fingerprint density at radius 3 is 2.58 bits per heavy atom. The molecule has 0 aromatic heterocycles. The zero-order valence-corrected chi connectivity index (χ0v) is 13.6. The smallest absolute Gasteiger partial charge is 0.0887 e. The predicted octanol–water partition coefficient (Wildman–Crippen LogP) is 4.42.